The van der Waals surface area contributed by atoms with E-state index in [1.807, 2.05) is 27.0 Å². The lowest BCUT2D eigenvalue weighted by Gasteiger charge is -2.28. The number of nitrogens with zero attached hydrogens (tertiary/aromatic N) is 2. The van der Waals surface area contributed by atoms with Gasteiger partial charge in [0.15, 0.2) is 0 Å². The molecule has 0 aromatic carbocycles. The number of nitrogens with one attached hydrogen (secondary N) is 1. The fourth-order valence-electron chi connectivity index (χ4n) is 2.28. The number of hydrogen-bond acceptors (Lipinski definition) is 3. The fourth-order valence-corrected chi connectivity index (χ4v) is 2.28. The first kappa shape index (κ1) is 15.7. The molecule has 1 atom stereocenters. The number of unbranched alkanes of at least 4 members (excludes halogenated alkanes) is 1. The molecule has 1 heterocycles. The maximum atomic E-state index is 11.4. The first-order valence-corrected chi connectivity index (χ1v) is 6.84. The number of aryl methyl sites for hydroxylation is 2. The van der Waals surface area contributed by atoms with Gasteiger partial charge in [-0.25, -0.2) is 4.98 Å². The van der Waals surface area contributed by atoms with Crippen molar-refractivity contribution in [1.82, 2.24) is 14.9 Å². The number of carboxylic acids is 1. The molecule has 1 unspecified atom stereocenters. The molecule has 0 amide bonds. The van der Waals surface area contributed by atoms with E-state index in [0.717, 1.165) is 25.2 Å². The van der Waals surface area contributed by atoms with E-state index in [4.69, 9.17) is 0 Å². The number of hydrogen-bond donors (Lipinski definition) is 2. The van der Waals surface area contributed by atoms with Crippen LogP contribution in [-0.2, 0) is 11.3 Å². The summed E-state index contributed by atoms with van der Waals surface area (Å²) in [5, 5.41) is 12.5. The third kappa shape index (κ3) is 4.67. The number of rotatable bonds is 8. The lowest BCUT2D eigenvalue weighted by molar-refractivity contribution is -0.144. The highest BCUT2D eigenvalue weighted by Crippen LogP contribution is 2.16. The Morgan fingerprint density at radius 1 is 1.53 bits per heavy atom. The first-order chi connectivity index (χ1) is 8.85. The maximum absolute atomic E-state index is 11.4. The van der Waals surface area contributed by atoms with Crippen LogP contribution >= 0.6 is 0 Å². The van der Waals surface area contributed by atoms with Gasteiger partial charge in [0.25, 0.3) is 0 Å². The zero-order chi connectivity index (χ0) is 14.5. The van der Waals surface area contributed by atoms with Crippen LogP contribution in [0.1, 0.15) is 45.9 Å². The van der Waals surface area contributed by atoms with Gasteiger partial charge in [-0.1, -0.05) is 0 Å². The SMILES string of the molecule is Cc1nccn1CCCCC(C)(NC(C)C)C(=O)O. The maximum Gasteiger partial charge on any atom is 0.323 e. The third-order valence-electron chi connectivity index (χ3n) is 3.33. The minimum absolute atomic E-state index is 0.164. The quantitative estimate of drug-likeness (QED) is 0.709. The van der Waals surface area contributed by atoms with Gasteiger partial charge in [-0.05, 0) is 47.0 Å². The summed E-state index contributed by atoms with van der Waals surface area (Å²) in [6.45, 7) is 8.56. The summed E-state index contributed by atoms with van der Waals surface area (Å²) in [6.07, 6.45) is 6.21. The third-order valence-corrected chi connectivity index (χ3v) is 3.33. The minimum atomic E-state index is -0.835. The van der Waals surface area contributed by atoms with Gasteiger partial charge in [-0.2, -0.15) is 0 Å². The Morgan fingerprint density at radius 2 is 2.21 bits per heavy atom. The molecular formula is C14H25N3O2. The second kappa shape index (κ2) is 6.70. The van der Waals surface area contributed by atoms with Gasteiger partial charge in [0.05, 0.1) is 0 Å². The summed E-state index contributed by atoms with van der Waals surface area (Å²) in [6, 6.07) is 0.164. The molecule has 0 bridgehead atoms. The van der Waals surface area contributed by atoms with Gasteiger partial charge in [-0.15, -0.1) is 0 Å². The van der Waals surface area contributed by atoms with Crippen molar-refractivity contribution in [1.29, 1.82) is 0 Å². The van der Waals surface area contributed by atoms with Crippen LogP contribution in [0.3, 0.4) is 0 Å². The van der Waals surface area contributed by atoms with E-state index < -0.39 is 11.5 Å². The van der Waals surface area contributed by atoms with Crippen molar-refractivity contribution in [2.24, 2.45) is 0 Å². The topological polar surface area (TPSA) is 67.2 Å². The molecule has 19 heavy (non-hydrogen) atoms. The molecule has 0 fully saturated rings. The largest absolute Gasteiger partial charge is 0.480 e. The number of carboxylic acid groups (broad SMARTS) is 1. The number of imidazole rings is 1. The van der Waals surface area contributed by atoms with Crippen LogP contribution in [0.15, 0.2) is 12.4 Å². The van der Waals surface area contributed by atoms with E-state index in [1.54, 1.807) is 13.1 Å². The van der Waals surface area contributed by atoms with E-state index in [9.17, 15) is 9.90 Å². The molecule has 0 radical (unpaired) electrons. The van der Waals surface area contributed by atoms with E-state index in [2.05, 4.69) is 14.9 Å². The molecule has 0 saturated heterocycles. The molecule has 5 nitrogen and oxygen atoms in total. The Bertz CT molecular complexity index is 415. The van der Waals surface area contributed by atoms with Crippen LogP contribution < -0.4 is 5.32 Å². The van der Waals surface area contributed by atoms with Gasteiger partial charge in [-0.3, -0.25) is 10.1 Å². The van der Waals surface area contributed by atoms with Crippen molar-refractivity contribution in [3.63, 3.8) is 0 Å². The molecule has 0 aliphatic heterocycles. The molecule has 0 spiro atoms. The smallest absolute Gasteiger partial charge is 0.323 e. The summed E-state index contributed by atoms with van der Waals surface area (Å²) in [5.41, 5.74) is -0.835. The lowest BCUT2D eigenvalue weighted by Crippen LogP contribution is -2.52. The molecule has 2 N–H and O–H groups in total. The normalized spacial score (nSPS) is 14.6. The first-order valence-electron chi connectivity index (χ1n) is 6.84. The zero-order valence-corrected chi connectivity index (χ0v) is 12.3. The molecule has 0 aliphatic carbocycles. The summed E-state index contributed by atoms with van der Waals surface area (Å²) in [4.78, 5) is 15.5. The van der Waals surface area contributed by atoms with Crippen LogP contribution in [0.25, 0.3) is 0 Å². The predicted octanol–water partition coefficient (Wildman–Crippen LogP) is 2.20. The van der Waals surface area contributed by atoms with Crippen molar-refractivity contribution < 1.29 is 9.90 Å². The van der Waals surface area contributed by atoms with Crippen molar-refractivity contribution >= 4 is 5.97 Å². The van der Waals surface area contributed by atoms with Crippen LogP contribution in [0, 0.1) is 6.92 Å². The highest BCUT2D eigenvalue weighted by Gasteiger charge is 2.32. The summed E-state index contributed by atoms with van der Waals surface area (Å²) < 4.78 is 2.09. The Morgan fingerprint density at radius 3 is 2.68 bits per heavy atom. The predicted molar refractivity (Wildman–Crippen MR) is 75.1 cm³/mol. The highest BCUT2D eigenvalue weighted by molar-refractivity contribution is 5.78. The molecule has 108 valence electrons. The average Bonchev–Trinajstić information content (AvgIpc) is 2.69. The zero-order valence-electron chi connectivity index (χ0n) is 12.3. The molecule has 0 saturated carbocycles. The van der Waals surface area contributed by atoms with Gasteiger partial charge >= 0.3 is 5.97 Å². The Labute approximate surface area is 115 Å². The monoisotopic (exact) mass is 267 g/mol. The average molecular weight is 267 g/mol. The van der Waals surface area contributed by atoms with Crippen LogP contribution in [-0.4, -0.2) is 32.2 Å². The summed E-state index contributed by atoms with van der Waals surface area (Å²) >= 11 is 0. The van der Waals surface area contributed by atoms with E-state index in [1.165, 1.54) is 0 Å². The Hall–Kier alpha value is -1.36. The number of aliphatic carboxylic acids is 1. The second-order valence-electron chi connectivity index (χ2n) is 5.56. The van der Waals surface area contributed by atoms with Crippen molar-refractivity contribution in [2.75, 3.05) is 0 Å². The number of aromatic nitrogens is 2. The second-order valence-corrected chi connectivity index (χ2v) is 5.56. The summed E-state index contributed by atoms with van der Waals surface area (Å²) in [7, 11) is 0. The highest BCUT2D eigenvalue weighted by atomic mass is 16.4. The molecule has 1 rings (SSSR count). The van der Waals surface area contributed by atoms with Crippen molar-refractivity contribution in [3.8, 4) is 0 Å². The molecule has 1 aromatic heterocycles. The molecule has 0 aliphatic rings. The van der Waals surface area contributed by atoms with Crippen LogP contribution in [0.5, 0.6) is 0 Å². The molecular weight excluding hydrogens is 242 g/mol. The van der Waals surface area contributed by atoms with E-state index >= 15 is 0 Å². The van der Waals surface area contributed by atoms with Crippen LogP contribution in [0.2, 0.25) is 0 Å². The molecule has 5 heteroatoms. The van der Waals surface area contributed by atoms with Crippen molar-refractivity contribution in [3.05, 3.63) is 18.2 Å². The van der Waals surface area contributed by atoms with Gasteiger partial charge in [0.2, 0.25) is 0 Å². The Balaban J connectivity index is 2.41. The van der Waals surface area contributed by atoms with E-state index in [0.29, 0.717) is 6.42 Å². The van der Waals surface area contributed by atoms with Crippen molar-refractivity contribution in [2.45, 2.75) is 65.1 Å². The van der Waals surface area contributed by atoms with Gasteiger partial charge in [0, 0.05) is 25.0 Å². The standard InChI is InChI=1S/C14H25N3O2/c1-11(2)16-14(4,13(18)19)7-5-6-9-17-10-8-15-12(17)3/h8,10-11,16H,5-7,9H2,1-4H3,(H,18,19). The number of carbonyl (C=O) groups is 1. The lowest BCUT2D eigenvalue weighted by atomic mass is 9.94. The van der Waals surface area contributed by atoms with E-state index in [-0.39, 0.29) is 6.04 Å². The van der Waals surface area contributed by atoms with Gasteiger partial charge in [0.1, 0.15) is 11.4 Å². The van der Waals surface area contributed by atoms with Crippen LogP contribution in [0.4, 0.5) is 0 Å². The molecule has 1 aromatic rings. The Kier molecular flexibility index (Phi) is 5.54. The minimum Gasteiger partial charge on any atom is -0.480 e. The summed E-state index contributed by atoms with van der Waals surface area (Å²) in [5.74, 6) is 0.223. The fraction of sp³-hybridized carbons (Fsp3) is 0.714. The van der Waals surface area contributed by atoms with Gasteiger partial charge < -0.3 is 9.67 Å².